The van der Waals surface area contributed by atoms with Crippen LogP contribution in [0, 0.1) is 5.92 Å². The zero-order chi connectivity index (χ0) is 27.5. The van der Waals surface area contributed by atoms with E-state index in [1.165, 1.54) is 4.68 Å². The molecule has 8 nitrogen and oxygen atoms in total. The lowest BCUT2D eigenvalue weighted by Gasteiger charge is -2.32. The number of fused-ring (bicyclic) bond motifs is 3. The maximum Gasteiger partial charge on any atom is 0.279 e. The highest BCUT2D eigenvalue weighted by atomic mass is 28.4. The van der Waals surface area contributed by atoms with Crippen molar-refractivity contribution in [3.8, 4) is 5.69 Å². The summed E-state index contributed by atoms with van der Waals surface area (Å²) in [4.78, 5) is 40.8. The van der Waals surface area contributed by atoms with Gasteiger partial charge in [-0.3, -0.25) is 14.7 Å². The van der Waals surface area contributed by atoms with E-state index in [4.69, 9.17) is 4.74 Å². The predicted molar refractivity (Wildman–Crippen MR) is 152 cm³/mol. The molecule has 3 aromatic carbocycles. The summed E-state index contributed by atoms with van der Waals surface area (Å²) in [6.07, 6.45) is -0.138. The van der Waals surface area contributed by atoms with Gasteiger partial charge in [-0.15, -0.1) is 0 Å². The van der Waals surface area contributed by atoms with Gasteiger partial charge in [-0.1, -0.05) is 49.4 Å². The molecule has 9 heteroatoms. The number of ether oxygens (including phenoxy) is 1. The van der Waals surface area contributed by atoms with Gasteiger partial charge in [0, 0.05) is 23.6 Å². The number of aliphatic hydroxyl groups excluding tert-OH is 1. The summed E-state index contributed by atoms with van der Waals surface area (Å²) in [7, 11) is -2.81. The number of carbonyl (C=O) groups is 1. The van der Waals surface area contributed by atoms with E-state index < -0.39 is 20.0 Å². The second kappa shape index (κ2) is 9.30. The van der Waals surface area contributed by atoms with E-state index in [0.29, 0.717) is 29.6 Å². The van der Waals surface area contributed by atoms with Crippen LogP contribution < -0.4 is 10.5 Å². The number of anilines is 1. The molecule has 1 saturated heterocycles. The van der Waals surface area contributed by atoms with Crippen molar-refractivity contribution < 1.29 is 19.4 Å². The highest BCUT2D eigenvalue weighted by Gasteiger charge is 2.66. The number of rotatable bonds is 6. The Labute approximate surface area is 227 Å². The molecule has 202 valence electrons. The lowest BCUT2D eigenvalue weighted by atomic mass is 9.82. The van der Waals surface area contributed by atoms with Crippen molar-refractivity contribution in [1.29, 1.82) is 0 Å². The zero-order valence-corrected chi connectivity index (χ0v) is 23.3. The SMILES string of the molecule is C[C@@H]1[C@@H]([Si](C)(C)O)[C@H](CCO)O[C@@]12C(=O)N(Cc1ccccc1)c1ccc(-n3[nH]c4ccccc4c3=O)cc12. The van der Waals surface area contributed by atoms with Gasteiger partial charge < -0.3 is 19.5 Å². The Hall–Kier alpha value is -3.50. The van der Waals surface area contributed by atoms with Gasteiger partial charge in [0.15, 0.2) is 13.9 Å². The molecule has 6 rings (SSSR count). The smallest absolute Gasteiger partial charge is 0.279 e. The highest BCUT2D eigenvalue weighted by Crippen LogP contribution is 2.60. The van der Waals surface area contributed by atoms with Crippen molar-refractivity contribution in [2.45, 2.75) is 50.2 Å². The average molecular weight is 544 g/mol. The fourth-order valence-electron chi connectivity index (χ4n) is 6.77. The van der Waals surface area contributed by atoms with E-state index >= 15 is 0 Å². The minimum atomic E-state index is -2.81. The number of hydrogen-bond acceptors (Lipinski definition) is 5. The molecule has 3 N–H and O–H groups in total. The largest absolute Gasteiger partial charge is 0.432 e. The number of H-pyrrole nitrogens is 1. The van der Waals surface area contributed by atoms with E-state index in [9.17, 15) is 19.5 Å². The second-order valence-corrected chi connectivity index (χ2v) is 15.2. The summed E-state index contributed by atoms with van der Waals surface area (Å²) in [6, 6.07) is 22.7. The Morgan fingerprint density at radius 1 is 1.03 bits per heavy atom. The summed E-state index contributed by atoms with van der Waals surface area (Å²) in [5.41, 5.74) is 1.93. The number of para-hydroxylation sites is 1. The molecule has 4 aromatic rings. The minimum absolute atomic E-state index is 0.103. The van der Waals surface area contributed by atoms with Gasteiger partial charge >= 0.3 is 0 Å². The fraction of sp³-hybridized carbons (Fsp3) is 0.333. The van der Waals surface area contributed by atoms with Gasteiger partial charge in [-0.25, -0.2) is 4.68 Å². The lowest BCUT2D eigenvalue weighted by Crippen LogP contribution is -2.46. The van der Waals surface area contributed by atoms with Crippen LogP contribution in [0.5, 0.6) is 0 Å². The maximum absolute atomic E-state index is 14.5. The molecule has 0 aliphatic carbocycles. The van der Waals surface area contributed by atoms with Crippen LogP contribution in [0.2, 0.25) is 18.6 Å². The molecule has 1 aromatic heterocycles. The molecule has 3 heterocycles. The van der Waals surface area contributed by atoms with E-state index in [2.05, 4.69) is 5.10 Å². The van der Waals surface area contributed by atoms with E-state index in [1.807, 2.05) is 86.7 Å². The normalized spacial score (nSPS) is 24.7. The number of aliphatic hydroxyl groups is 1. The molecule has 0 unspecified atom stereocenters. The van der Waals surface area contributed by atoms with Gasteiger partial charge in [0.1, 0.15) is 0 Å². The van der Waals surface area contributed by atoms with Gasteiger partial charge in [-0.05, 0) is 55.4 Å². The van der Waals surface area contributed by atoms with Crippen LogP contribution >= 0.6 is 0 Å². The van der Waals surface area contributed by atoms with Crippen LogP contribution in [0.4, 0.5) is 5.69 Å². The Morgan fingerprint density at radius 2 is 1.74 bits per heavy atom. The van der Waals surface area contributed by atoms with Crippen molar-refractivity contribution in [3.05, 3.63) is 94.3 Å². The van der Waals surface area contributed by atoms with Gasteiger partial charge in [0.25, 0.3) is 11.5 Å². The second-order valence-electron chi connectivity index (χ2n) is 11.2. The molecule has 2 aliphatic heterocycles. The van der Waals surface area contributed by atoms with Crippen LogP contribution in [0.15, 0.2) is 77.6 Å². The molecule has 0 bridgehead atoms. The van der Waals surface area contributed by atoms with Crippen molar-refractivity contribution in [1.82, 2.24) is 9.78 Å². The van der Waals surface area contributed by atoms with E-state index in [0.717, 1.165) is 16.8 Å². The summed E-state index contributed by atoms with van der Waals surface area (Å²) in [6.45, 7) is 5.97. The number of aromatic nitrogens is 2. The van der Waals surface area contributed by atoms with Crippen LogP contribution in [-0.4, -0.2) is 46.6 Å². The predicted octanol–water partition coefficient (Wildman–Crippen LogP) is 4.05. The third kappa shape index (κ3) is 3.91. The molecule has 1 amide bonds. The molecule has 2 aliphatic rings. The van der Waals surface area contributed by atoms with Crippen molar-refractivity contribution >= 4 is 30.8 Å². The minimum Gasteiger partial charge on any atom is -0.432 e. The Morgan fingerprint density at radius 3 is 2.44 bits per heavy atom. The number of hydrogen-bond donors (Lipinski definition) is 3. The van der Waals surface area contributed by atoms with Crippen LogP contribution in [-0.2, 0) is 21.7 Å². The number of aromatic amines is 1. The highest BCUT2D eigenvalue weighted by molar-refractivity contribution is 6.71. The van der Waals surface area contributed by atoms with E-state index in [-0.39, 0.29) is 29.5 Å². The maximum atomic E-state index is 14.5. The topological polar surface area (TPSA) is 108 Å². The average Bonchev–Trinajstić information content (AvgIpc) is 3.49. The lowest BCUT2D eigenvalue weighted by molar-refractivity contribution is -0.146. The molecule has 1 fully saturated rings. The van der Waals surface area contributed by atoms with Gasteiger partial charge in [0.05, 0.1) is 34.9 Å². The number of amides is 1. The first-order valence-corrected chi connectivity index (χ1v) is 16.4. The molecule has 39 heavy (non-hydrogen) atoms. The first kappa shape index (κ1) is 25.8. The molecular weight excluding hydrogens is 510 g/mol. The Kier molecular flexibility index (Phi) is 6.15. The van der Waals surface area contributed by atoms with Crippen LogP contribution in [0.25, 0.3) is 16.6 Å². The third-order valence-electron chi connectivity index (χ3n) is 8.42. The van der Waals surface area contributed by atoms with Crippen molar-refractivity contribution in [3.63, 3.8) is 0 Å². The van der Waals surface area contributed by atoms with Crippen LogP contribution in [0.3, 0.4) is 0 Å². The van der Waals surface area contributed by atoms with Crippen molar-refractivity contribution in [2.24, 2.45) is 5.92 Å². The molecule has 1 spiro atoms. The third-order valence-corrected chi connectivity index (χ3v) is 10.9. The molecule has 0 radical (unpaired) electrons. The van der Waals surface area contributed by atoms with Crippen LogP contribution in [0.1, 0.15) is 24.5 Å². The fourth-order valence-corrected chi connectivity index (χ4v) is 9.37. The number of nitrogens with zero attached hydrogens (tertiary/aromatic N) is 2. The first-order valence-electron chi connectivity index (χ1n) is 13.4. The monoisotopic (exact) mass is 543 g/mol. The Balaban J connectivity index is 1.54. The number of nitrogens with one attached hydrogen (secondary N) is 1. The molecular formula is C30H33N3O5Si. The zero-order valence-electron chi connectivity index (χ0n) is 22.3. The van der Waals surface area contributed by atoms with Gasteiger partial charge in [0.2, 0.25) is 0 Å². The first-order chi connectivity index (χ1) is 18.7. The number of benzene rings is 3. The van der Waals surface area contributed by atoms with Crippen molar-refractivity contribution in [2.75, 3.05) is 11.5 Å². The summed E-state index contributed by atoms with van der Waals surface area (Å²) >= 11 is 0. The summed E-state index contributed by atoms with van der Waals surface area (Å²) in [5.74, 6) is -0.527. The summed E-state index contributed by atoms with van der Waals surface area (Å²) < 4.78 is 8.21. The Bertz CT molecular complexity index is 1610. The number of carbonyl (C=O) groups excluding carboxylic acids is 1. The van der Waals surface area contributed by atoms with E-state index in [1.54, 1.807) is 11.0 Å². The van der Waals surface area contributed by atoms with Gasteiger partial charge in [-0.2, -0.15) is 0 Å². The molecule has 4 atom stereocenters. The quantitative estimate of drug-likeness (QED) is 0.318. The standard InChI is InChI=1S/C30H33N3O5Si/c1-19-27(39(2,3)37)26(15-16-34)38-30(19)23-17-21(33-28(35)22-11-7-8-12-24(22)31-33)13-14-25(23)32(29(30)36)18-20-9-5-4-6-10-20/h4-14,17,19,26-27,31,34,37H,15-16,18H2,1-3H3/t19-,26+,27-,30+/m1/s1. The molecule has 0 saturated carbocycles. The summed E-state index contributed by atoms with van der Waals surface area (Å²) in [5, 5.41) is 13.6.